The number of hydrogen-bond acceptors (Lipinski definition) is 4. The van der Waals surface area contributed by atoms with Gasteiger partial charge in [0.2, 0.25) is 0 Å². The highest BCUT2D eigenvalue weighted by Crippen LogP contribution is 2.33. The van der Waals surface area contributed by atoms with Gasteiger partial charge in [0.1, 0.15) is 22.9 Å². The Bertz CT molecular complexity index is 1070. The smallest absolute Gasteiger partial charge is 0.279 e. The van der Waals surface area contributed by atoms with Gasteiger partial charge in [0.25, 0.3) is 17.5 Å². The number of amides is 2. The molecule has 3 rings (SSSR count). The first-order valence-corrected chi connectivity index (χ1v) is 9.01. The molecule has 0 radical (unpaired) electrons. The van der Waals surface area contributed by atoms with Crippen LogP contribution < -0.4 is 0 Å². The van der Waals surface area contributed by atoms with Crippen LogP contribution in [0.5, 0.6) is 0 Å². The van der Waals surface area contributed by atoms with Gasteiger partial charge in [-0.2, -0.15) is 0 Å². The Morgan fingerprint density at radius 2 is 1.73 bits per heavy atom. The molecule has 9 heteroatoms. The van der Waals surface area contributed by atoms with E-state index in [4.69, 9.17) is 0 Å². The maximum Gasteiger partial charge on any atom is 0.279 e. The topological polar surface area (TPSA) is 83.8 Å². The second-order valence-electron chi connectivity index (χ2n) is 7.26. The highest BCUT2D eigenvalue weighted by Gasteiger charge is 2.48. The minimum atomic E-state index is -1.28. The van der Waals surface area contributed by atoms with E-state index < -0.39 is 39.6 Å². The van der Waals surface area contributed by atoms with Crippen molar-refractivity contribution in [2.75, 3.05) is 14.1 Å². The zero-order chi connectivity index (χ0) is 22.2. The second-order valence-corrected chi connectivity index (χ2v) is 7.26. The molecule has 30 heavy (non-hydrogen) atoms. The number of carbonyl (C=O) groups is 2. The maximum absolute atomic E-state index is 14.3. The molecule has 2 amide bonds. The number of halogens is 2. The van der Waals surface area contributed by atoms with Crippen molar-refractivity contribution in [2.24, 2.45) is 0 Å². The van der Waals surface area contributed by atoms with E-state index in [1.165, 1.54) is 49.3 Å². The number of benzene rings is 2. The summed E-state index contributed by atoms with van der Waals surface area (Å²) in [5.41, 5.74) is -1.72. The van der Waals surface area contributed by atoms with E-state index in [9.17, 15) is 28.5 Å². The fourth-order valence-electron chi connectivity index (χ4n) is 3.47. The van der Waals surface area contributed by atoms with Crippen molar-refractivity contribution in [3.63, 3.8) is 0 Å². The highest BCUT2D eigenvalue weighted by atomic mass is 19.1. The lowest BCUT2D eigenvalue weighted by Crippen LogP contribution is -2.64. The normalized spacial score (nSPS) is 20.8. The summed E-state index contributed by atoms with van der Waals surface area (Å²) in [6, 6.07) is 8.93. The summed E-state index contributed by atoms with van der Waals surface area (Å²) in [6.45, 7) is 1.58. The lowest BCUT2D eigenvalue weighted by atomic mass is 9.87. The molecule has 1 aliphatic rings. The number of nitro groups is 1. The van der Waals surface area contributed by atoms with Gasteiger partial charge in [-0.05, 0) is 36.8 Å². The molecule has 0 N–H and O–H groups in total. The number of rotatable bonds is 4. The maximum atomic E-state index is 14.3. The molecule has 0 aromatic heterocycles. The van der Waals surface area contributed by atoms with Crippen LogP contribution >= 0.6 is 0 Å². The average Bonchev–Trinajstić information content (AvgIpc) is 2.71. The van der Waals surface area contributed by atoms with E-state index in [0.717, 1.165) is 23.1 Å². The molecule has 2 aromatic carbocycles. The van der Waals surface area contributed by atoms with E-state index in [2.05, 4.69) is 0 Å². The van der Waals surface area contributed by atoms with Gasteiger partial charge in [-0.1, -0.05) is 18.2 Å². The van der Waals surface area contributed by atoms with Crippen molar-refractivity contribution in [1.29, 1.82) is 0 Å². The van der Waals surface area contributed by atoms with Gasteiger partial charge >= 0.3 is 0 Å². The molecule has 1 fully saturated rings. The Morgan fingerprint density at radius 3 is 2.33 bits per heavy atom. The van der Waals surface area contributed by atoms with Crippen LogP contribution in [0.4, 0.5) is 14.5 Å². The zero-order valence-corrected chi connectivity index (χ0v) is 16.6. The third-order valence-electron chi connectivity index (χ3n) is 5.36. The molecule has 156 valence electrons. The number of nitro benzene ring substituents is 1. The first kappa shape index (κ1) is 21.1. The van der Waals surface area contributed by atoms with Crippen LogP contribution in [-0.4, -0.2) is 46.2 Å². The van der Waals surface area contributed by atoms with Crippen molar-refractivity contribution in [3.05, 3.63) is 81.0 Å². The number of hydrogen-bond donors (Lipinski definition) is 0. The number of carbonyl (C=O) groups excluding carboxylic acids is 2. The Morgan fingerprint density at radius 1 is 1.10 bits per heavy atom. The van der Waals surface area contributed by atoms with E-state index >= 15 is 0 Å². The van der Waals surface area contributed by atoms with Gasteiger partial charge < -0.3 is 9.80 Å². The Labute approximate surface area is 171 Å². The fourth-order valence-corrected chi connectivity index (χ4v) is 3.47. The molecule has 1 atom stereocenters. The van der Waals surface area contributed by atoms with Gasteiger partial charge in [-0.25, -0.2) is 8.78 Å². The van der Waals surface area contributed by atoms with E-state index in [1.807, 2.05) is 0 Å². The molecular formula is C21H19F2N3O4. The summed E-state index contributed by atoms with van der Waals surface area (Å²) in [4.78, 5) is 39.0. The molecule has 1 heterocycles. The van der Waals surface area contributed by atoms with E-state index in [0.29, 0.717) is 5.56 Å². The van der Waals surface area contributed by atoms with Crippen molar-refractivity contribution >= 4 is 23.6 Å². The summed E-state index contributed by atoms with van der Waals surface area (Å²) in [6.07, 6.45) is 1.15. The molecule has 1 unspecified atom stereocenters. The molecular weight excluding hydrogens is 396 g/mol. The molecule has 0 spiro atoms. The third kappa shape index (κ3) is 3.54. The van der Waals surface area contributed by atoms with Crippen molar-refractivity contribution < 1.29 is 23.3 Å². The minimum Gasteiger partial charge on any atom is -0.326 e. The van der Waals surface area contributed by atoms with E-state index in [-0.39, 0.29) is 17.7 Å². The largest absolute Gasteiger partial charge is 0.326 e. The predicted molar refractivity (Wildman–Crippen MR) is 105 cm³/mol. The van der Waals surface area contributed by atoms with Crippen molar-refractivity contribution in [1.82, 2.24) is 9.80 Å². The minimum absolute atomic E-state index is 0.131. The van der Waals surface area contributed by atoms with E-state index in [1.54, 1.807) is 6.92 Å². The van der Waals surface area contributed by atoms with Crippen molar-refractivity contribution in [3.8, 4) is 0 Å². The van der Waals surface area contributed by atoms with Crippen LogP contribution in [0.25, 0.3) is 6.08 Å². The molecule has 0 saturated carbocycles. The van der Waals surface area contributed by atoms with Gasteiger partial charge in [-0.3, -0.25) is 19.7 Å². The van der Waals surface area contributed by atoms with Crippen LogP contribution in [0.15, 0.2) is 48.2 Å². The quantitative estimate of drug-likeness (QED) is 0.436. The second kappa shape index (κ2) is 7.66. The zero-order valence-electron chi connectivity index (χ0n) is 16.6. The molecule has 0 aliphatic carbocycles. The lowest BCUT2D eigenvalue weighted by Gasteiger charge is -2.45. The molecule has 1 saturated heterocycles. The van der Waals surface area contributed by atoms with Crippen molar-refractivity contribution in [2.45, 2.75) is 18.9 Å². The lowest BCUT2D eigenvalue weighted by molar-refractivity contribution is -0.385. The van der Waals surface area contributed by atoms with Gasteiger partial charge in [0, 0.05) is 26.6 Å². The first-order chi connectivity index (χ1) is 14.1. The summed E-state index contributed by atoms with van der Waals surface area (Å²) in [5.74, 6) is -2.36. The molecule has 1 aliphatic heterocycles. The number of piperazine rings is 1. The summed E-state index contributed by atoms with van der Waals surface area (Å²) >= 11 is 0. The van der Waals surface area contributed by atoms with Crippen LogP contribution in [0.1, 0.15) is 18.1 Å². The highest BCUT2D eigenvalue weighted by molar-refractivity contribution is 6.09. The van der Waals surface area contributed by atoms with Gasteiger partial charge in [-0.15, -0.1) is 0 Å². The Kier molecular flexibility index (Phi) is 5.39. The third-order valence-corrected chi connectivity index (χ3v) is 5.36. The average molecular weight is 415 g/mol. The van der Waals surface area contributed by atoms with Crippen LogP contribution in [0.2, 0.25) is 0 Å². The summed E-state index contributed by atoms with van der Waals surface area (Å²) in [7, 11) is 2.79. The SMILES string of the molecule is CN1C(=O)C(C)(Cc2ccc(F)cc2)N(C)C(=O)C1=Cc1c(F)cccc1[N+](=O)[O-]. The van der Waals surface area contributed by atoms with Gasteiger partial charge in [0.15, 0.2) is 0 Å². The number of nitrogens with zero attached hydrogens (tertiary/aromatic N) is 3. The van der Waals surface area contributed by atoms with Crippen LogP contribution in [-0.2, 0) is 16.0 Å². The molecule has 2 aromatic rings. The Hall–Kier alpha value is -3.62. The standard InChI is InChI=1S/C21H19F2N3O4/c1-21(12-13-7-9-14(22)10-8-13)20(28)24(2)18(19(27)25(21)3)11-15-16(23)5-4-6-17(15)26(29)30/h4-11H,12H2,1-3H3. The summed E-state index contributed by atoms with van der Waals surface area (Å²) in [5, 5.41) is 11.2. The Balaban J connectivity index is 2.03. The van der Waals surface area contributed by atoms with Gasteiger partial charge in [0.05, 0.1) is 10.5 Å². The number of likely N-dealkylation sites (N-methyl/N-ethyl adjacent to an activating group) is 2. The molecule has 0 bridgehead atoms. The first-order valence-electron chi connectivity index (χ1n) is 9.01. The summed E-state index contributed by atoms with van der Waals surface area (Å²) < 4.78 is 27.5. The predicted octanol–water partition coefficient (Wildman–Crippen LogP) is 3.15. The van der Waals surface area contributed by atoms with Crippen LogP contribution in [0, 0.1) is 21.7 Å². The molecule has 7 nitrogen and oxygen atoms in total. The van der Waals surface area contributed by atoms with Crippen LogP contribution in [0.3, 0.4) is 0 Å². The fraction of sp³-hybridized carbons (Fsp3) is 0.238. The monoisotopic (exact) mass is 415 g/mol.